The number of aryl methyl sites for hydroxylation is 2. The van der Waals surface area contributed by atoms with Gasteiger partial charge in [0, 0.05) is 0 Å². The molecule has 1 aliphatic rings. The summed E-state index contributed by atoms with van der Waals surface area (Å²) in [5, 5.41) is 12.3. The molecule has 1 atom stereocenters. The van der Waals surface area contributed by atoms with Crippen LogP contribution < -0.4 is 10.1 Å². The minimum Gasteiger partial charge on any atom is -0.484 e. The van der Waals surface area contributed by atoms with Gasteiger partial charge in [-0.25, -0.2) is 0 Å². The predicted molar refractivity (Wildman–Crippen MR) is 77.8 cm³/mol. The number of carbonyl (C=O) groups excluding carboxylic acids is 1. The molecule has 2 rings (SSSR count). The molecular weight excluding hydrogens is 254 g/mol. The summed E-state index contributed by atoms with van der Waals surface area (Å²) in [5.41, 5.74) is 1.67. The highest BCUT2D eigenvalue weighted by Gasteiger charge is 2.42. The summed E-state index contributed by atoms with van der Waals surface area (Å²) in [6.07, 6.45) is 2.13. The number of carbonyl (C=O) groups is 1. The van der Waals surface area contributed by atoms with Gasteiger partial charge in [0.15, 0.2) is 6.61 Å². The average molecular weight is 277 g/mol. The van der Waals surface area contributed by atoms with E-state index in [0.29, 0.717) is 5.92 Å². The standard InChI is InChI=1S/C16H23NO3/c1-11-4-7-14(12(2)8-11)20-9-15(19)17-16(3,10-18)13-5-6-13/h4,7-8,13,18H,5-6,9-10H2,1-3H3,(H,17,19). The molecule has 0 aromatic heterocycles. The minimum absolute atomic E-state index is 0.0216. The Balaban J connectivity index is 1.88. The second-order valence-electron chi connectivity index (χ2n) is 5.96. The van der Waals surface area contributed by atoms with Crippen LogP contribution in [0.25, 0.3) is 0 Å². The van der Waals surface area contributed by atoms with Gasteiger partial charge < -0.3 is 15.2 Å². The lowest BCUT2D eigenvalue weighted by atomic mass is 9.97. The van der Waals surface area contributed by atoms with Crippen molar-refractivity contribution in [1.82, 2.24) is 5.32 Å². The smallest absolute Gasteiger partial charge is 0.258 e. The van der Waals surface area contributed by atoms with Gasteiger partial charge in [0.05, 0.1) is 12.1 Å². The van der Waals surface area contributed by atoms with E-state index in [4.69, 9.17) is 4.74 Å². The van der Waals surface area contributed by atoms with Crippen LogP contribution in [-0.4, -0.2) is 29.8 Å². The number of aliphatic hydroxyl groups excluding tert-OH is 1. The Bertz CT molecular complexity index is 496. The average Bonchev–Trinajstić information content (AvgIpc) is 3.22. The number of hydrogen-bond acceptors (Lipinski definition) is 3. The normalized spacial score (nSPS) is 17.4. The Kier molecular flexibility index (Phi) is 4.33. The summed E-state index contributed by atoms with van der Waals surface area (Å²) in [6, 6.07) is 5.86. The molecule has 0 heterocycles. The van der Waals surface area contributed by atoms with Crippen LogP contribution in [0.5, 0.6) is 5.75 Å². The monoisotopic (exact) mass is 277 g/mol. The second kappa shape index (κ2) is 5.83. The first-order valence-corrected chi connectivity index (χ1v) is 7.06. The first-order valence-electron chi connectivity index (χ1n) is 7.06. The Morgan fingerprint density at radius 2 is 2.15 bits per heavy atom. The van der Waals surface area contributed by atoms with Crippen LogP contribution in [0.15, 0.2) is 18.2 Å². The molecule has 1 aliphatic carbocycles. The molecular formula is C16H23NO3. The van der Waals surface area contributed by atoms with Crippen LogP contribution >= 0.6 is 0 Å². The molecule has 20 heavy (non-hydrogen) atoms. The largest absolute Gasteiger partial charge is 0.484 e. The van der Waals surface area contributed by atoms with Crippen molar-refractivity contribution in [2.75, 3.05) is 13.2 Å². The van der Waals surface area contributed by atoms with Crippen LogP contribution in [0.4, 0.5) is 0 Å². The molecule has 2 N–H and O–H groups in total. The molecule has 1 unspecified atom stereocenters. The highest BCUT2D eigenvalue weighted by Crippen LogP contribution is 2.39. The predicted octanol–water partition coefficient (Wildman–Crippen LogP) is 1.96. The zero-order valence-electron chi connectivity index (χ0n) is 12.4. The maximum atomic E-state index is 12.0. The van der Waals surface area contributed by atoms with E-state index in [1.807, 2.05) is 39.0 Å². The highest BCUT2D eigenvalue weighted by molar-refractivity contribution is 5.78. The van der Waals surface area contributed by atoms with Gasteiger partial charge >= 0.3 is 0 Å². The highest BCUT2D eigenvalue weighted by atomic mass is 16.5. The first kappa shape index (κ1) is 14.9. The molecule has 0 spiro atoms. The Labute approximate surface area is 120 Å². The van der Waals surface area contributed by atoms with Crippen molar-refractivity contribution in [1.29, 1.82) is 0 Å². The van der Waals surface area contributed by atoms with Crippen molar-refractivity contribution in [2.45, 2.75) is 39.2 Å². The fourth-order valence-corrected chi connectivity index (χ4v) is 2.45. The van der Waals surface area contributed by atoms with Crippen molar-refractivity contribution in [3.8, 4) is 5.75 Å². The van der Waals surface area contributed by atoms with Gasteiger partial charge in [0.2, 0.25) is 0 Å². The van der Waals surface area contributed by atoms with Crippen LogP contribution in [0.3, 0.4) is 0 Å². The number of aliphatic hydroxyl groups is 1. The van der Waals surface area contributed by atoms with Gasteiger partial charge in [-0.1, -0.05) is 17.7 Å². The van der Waals surface area contributed by atoms with E-state index < -0.39 is 5.54 Å². The van der Waals surface area contributed by atoms with Crippen LogP contribution in [0.2, 0.25) is 0 Å². The number of rotatable bonds is 6. The summed E-state index contributed by atoms with van der Waals surface area (Å²) in [4.78, 5) is 12.0. The van der Waals surface area contributed by atoms with Gasteiger partial charge in [-0.2, -0.15) is 0 Å². The lowest BCUT2D eigenvalue weighted by Crippen LogP contribution is -2.52. The molecule has 1 saturated carbocycles. The zero-order valence-corrected chi connectivity index (χ0v) is 12.4. The van der Waals surface area contributed by atoms with Crippen molar-refractivity contribution < 1.29 is 14.6 Å². The van der Waals surface area contributed by atoms with Crippen LogP contribution in [0, 0.1) is 19.8 Å². The van der Waals surface area contributed by atoms with E-state index in [0.717, 1.165) is 24.2 Å². The first-order chi connectivity index (χ1) is 9.44. The van der Waals surface area contributed by atoms with Gasteiger partial charge in [0.25, 0.3) is 5.91 Å². The lowest BCUT2D eigenvalue weighted by Gasteiger charge is -2.28. The Morgan fingerprint density at radius 1 is 1.45 bits per heavy atom. The summed E-state index contributed by atoms with van der Waals surface area (Å²) in [7, 11) is 0. The van der Waals surface area contributed by atoms with E-state index in [9.17, 15) is 9.90 Å². The Hall–Kier alpha value is -1.55. The van der Waals surface area contributed by atoms with E-state index in [-0.39, 0.29) is 19.1 Å². The minimum atomic E-state index is -0.511. The third kappa shape index (κ3) is 3.51. The fraction of sp³-hybridized carbons (Fsp3) is 0.562. The van der Waals surface area contributed by atoms with Crippen molar-refractivity contribution in [3.63, 3.8) is 0 Å². The van der Waals surface area contributed by atoms with Crippen molar-refractivity contribution in [2.24, 2.45) is 5.92 Å². The summed E-state index contributed by atoms with van der Waals surface area (Å²) >= 11 is 0. The zero-order chi connectivity index (χ0) is 14.8. The third-order valence-corrected chi connectivity index (χ3v) is 3.92. The van der Waals surface area contributed by atoms with Gasteiger partial charge in [0.1, 0.15) is 5.75 Å². The second-order valence-corrected chi connectivity index (χ2v) is 5.96. The molecule has 0 bridgehead atoms. The van der Waals surface area contributed by atoms with Crippen LogP contribution in [-0.2, 0) is 4.79 Å². The van der Waals surface area contributed by atoms with Crippen molar-refractivity contribution >= 4 is 5.91 Å². The SMILES string of the molecule is Cc1ccc(OCC(=O)NC(C)(CO)C2CC2)c(C)c1. The fourth-order valence-electron chi connectivity index (χ4n) is 2.45. The number of ether oxygens (including phenoxy) is 1. The van der Waals surface area contributed by atoms with E-state index in [2.05, 4.69) is 5.32 Å². The number of hydrogen-bond donors (Lipinski definition) is 2. The van der Waals surface area contributed by atoms with Gasteiger partial charge in [-0.3, -0.25) is 4.79 Å². The summed E-state index contributed by atoms with van der Waals surface area (Å²) < 4.78 is 5.55. The maximum absolute atomic E-state index is 12.0. The molecule has 0 radical (unpaired) electrons. The molecule has 0 saturated heterocycles. The lowest BCUT2D eigenvalue weighted by molar-refractivity contribution is -0.125. The molecule has 1 fully saturated rings. The molecule has 0 aliphatic heterocycles. The molecule has 4 heteroatoms. The summed E-state index contributed by atoms with van der Waals surface area (Å²) in [6.45, 7) is 5.81. The third-order valence-electron chi connectivity index (χ3n) is 3.92. The van der Waals surface area contributed by atoms with E-state index in [1.54, 1.807) is 0 Å². The number of benzene rings is 1. The number of amides is 1. The van der Waals surface area contributed by atoms with E-state index >= 15 is 0 Å². The van der Waals surface area contributed by atoms with Crippen LogP contribution in [0.1, 0.15) is 30.9 Å². The van der Waals surface area contributed by atoms with Crippen molar-refractivity contribution in [3.05, 3.63) is 29.3 Å². The molecule has 4 nitrogen and oxygen atoms in total. The van der Waals surface area contributed by atoms with E-state index in [1.165, 1.54) is 5.56 Å². The van der Waals surface area contributed by atoms with Gasteiger partial charge in [-0.15, -0.1) is 0 Å². The topological polar surface area (TPSA) is 58.6 Å². The molecule has 110 valence electrons. The molecule has 1 amide bonds. The summed E-state index contributed by atoms with van der Waals surface area (Å²) in [5.74, 6) is 0.925. The Morgan fingerprint density at radius 3 is 2.70 bits per heavy atom. The van der Waals surface area contributed by atoms with Gasteiger partial charge in [-0.05, 0) is 51.2 Å². The number of nitrogens with one attached hydrogen (secondary N) is 1. The quantitative estimate of drug-likeness (QED) is 0.835. The molecule has 1 aromatic rings. The maximum Gasteiger partial charge on any atom is 0.258 e. The molecule has 1 aromatic carbocycles.